The van der Waals surface area contributed by atoms with Crippen LogP contribution in [0.1, 0.15) is 32.9 Å². The summed E-state index contributed by atoms with van der Waals surface area (Å²) in [5.41, 5.74) is 7.35. The molecule has 0 saturated heterocycles. The minimum absolute atomic E-state index is 0.213. The van der Waals surface area contributed by atoms with E-state index in [2.05, 4.69) is 31.8 Å². The van der Waals surface area contributed by atoms with Crippen molar-refractivity contribution in [2.24, 2.45) is 5.10 Å². The lowest BCUT2D eigenvalue weighted by Crippen LogP contribution is -2.24. The van der Waals surface area contributed by atoms with Crippen molar-refractivity contribution in [2.75, 3.05) is 5.32 Å². The van der Waals surface area contributed by atoms with Gasteiger partial charge in [-0.2, -0.15) is 5.10 Å². The number of anilines is 1. The molecular weight excluding hydrogens is 448 g/mol. The van der Waals surface area contributed by atoms with Crippen molar-refractivity contribution in [3.63, 3.8) is 0 Å². The molecule has 0 saturated carbocycles. The van der Waals surface area contributed by atoms with Gasteiger partial charge in [-0.15, -0.1) is 0 Å². The van der Waals surface area contributed by atoms with Gasteiger partial charge in [-0.1, -0.05) is 28.1 Å². The van der Waals surface area contributed by atoms with Crippen LogP contribution in [0.15, 0.2) is 58.1 Å². The van der Waals surface area contributed by atoms with E-state index >= 15 is 0 Å². The molecule has 0 radical (unpaired) electrons. The molecule has 0 aliphatic heterocycles. The first-order valence-electron chi connectivity index (χ1n) is 9.15. The Morgan fingerprint density at radius 1 is 1.10 bits per heavy atom. The van der Waals surface area contributed by atoms with Gasteiger partial charge in [0.15, 0.2) is 0 Å². The van der Waals surface area contributed by atoms with Gasteiger partial charge in [0, 0.05) is 27.1 Å². The van der Waals surface area contributed by atoms with Gasteiger partial charge >= 0.3 is 12.0 Å². The van der Waals surface area contributed by atoms with Crippen molar-refractivity contribution in [3.05, 3.63) is 81.1 Å². The zero-order valence-corrected chi connectivity index (χ0v) is 18.3. The summed E-state index contributed by atoms with van der Waals surface area (Å²) in [5, 5.41) is 16.2. The standard InChI is InChI=1S/C22H21BrN4O3/c1-13-10-17(8-9-19(13)23)25-22(30)26-24-12-16-11-14(2)27(15(16)3)20-7-5-4-6-18(20)21(28)29/h4-12H,1-3H3,(H,28,29)(H2,25,26,30)/b24-12+. The predicted molar refractivity (Wildman–Crippen MR) is 121 cm³/mol. The number of nitrogens with one attached hydrogen (secondary N) is 2. The molecule has 154 valence electrons. The third kappa shape index (κ3) is 4.60. The molecule has 1 aromatic heterocycles. The lowest BCUT2D eigenvalue weighted by molar-refractivity contribution is 0.0697. The number of carbonyl (C=O) groups excluding carboxylic acids is 1. The number of urea groups is 1. The van der Waals surface area contributed by atoms with Crippen molar-refractivity contribution in [1.29, 1.82) is 0 Å². The Hall–Kier alpha value is -3.39. The fourth-order valence-electron chi connectivity index (χ4n) is 3.18. The minimum atomic E-state index is -0.991. The number of carboxylic acids is 1. The van der Waals surface area contributed by atoms with Crippen LogP contribution in [0, 0.1) is 20.8 Å². The molecule has 0 aliphatic rings. The van der Waals surface area contributed by atoms with Gasteiger partial charge < -0.3 is 15.0 Å². The number of benzene rings is 2. The van der Waals surface area contributed by atoms with Crippen molar-refractivity contribution in [3.8, 4) is 5.69 Å². The van der Waals surface area contributed by atoms with Crippen LogP contribution in [0.5, 0.6) is 0 Å². The molecule has 0 aliphatic carbocycles. The number of hydrogen-bond donors (Lipinski definition) is 3. The van der Waals surface area contributed by atoms with Gasteiger partial charge in [-0.05, 0) is 62.7 Å². The topological polar surface area (TPSA) is 95.7 Å². The average Bonchev–Trinajstić information content (AvgIpc) is 2.98. The minimum Gasteiger partial charge on any atom is -0.478 e. The summed E-state index contributed by atoms with van der Waals surface area (Å²) in [6.07, 6.45) is 1.54. The maximum atomic E-state index is 12.1. The van der Waals surface area contributed by atoms with Crippen LogP contribution in [0.25, 0.3) is 5.69 Å². The molecule has 0 spiro atoms. The van der Waals surface area contributed by atoms with E-state index in [-0.39, 0.29) is 5.56 Å². The number of hydrazone groups is 1. The zero-order chi connectivity index (χ0) is 21.8. The summed E-state index contributed by atoms with van der Waals surface area (Å²) in [6, 6.07) is 13.7. The van der Waals surface area contributed by atoms with E-state index < -0.39 is 12.0 Å². The second kappa shape index (κ2) is 8.96. The van der Waals surface area contributed by atoms with E-state index in [0.717, 1.165) is 27.0 Å². The lowest BCUT2D eigenvalue weighted by atomic mass is 10.1. The highest BCUT2D eigenvalue weighted by atomic mass is 79.9. The summed E-state index contributed by atoms with van der Waals surface area (Å²) in [7, 11) is 0. The van der Waals surface area contributed by atoms with Crippen molar-refractivity contribution in [1.82, 2.24) is 9.99 Å². The average molecular weight is 469 g/mol. The summed E-state index contributed by atoms with van der Waals surface area (Å²) in [5.74, 6) is -0.991. The molecule has 0 fully saturated rings. The number of amides is 2. The van der Waals surface area contributed by atoms with E-state index in [1.807, 2.05) is 43.5 Å². The predicted octanol–water partition coefficient (Wildman–Crippen LogP) is 5.02. The van der Waals surface area contributed by atoms with Gasteiger partial charge in [-0.25, -0.2) is 15.0 Å². The monoisotopic (exact) mass is 468 g/mol. The van der Waals surface area contributed by atoms with Gasteiger partial charge in [0.25, 0.3) is 0 Å². The van der Waals surface area contributed by atoms with Gasteiger partial charge in [-0.3, -0.25) is 0 Å². The van der Waals surface area contributed by atoms with Gasteiger partial charge in [0.1, 0.15) is 0 Å². The summed E-state index contributed by atoms with van der Waals surface area (Å²) >= 11 is 3.42. The van der Waals surface area contributed by atoms with Crippen LogP contribution in [0.2, 0.25) is 0 Å². The van der Waals surface area contributed by atoms with Crippen LogP contribution < -0.4 is 10.7 Å². The largest absolute Gasteiger partial charge is 0.478 e. The number of rotatable bonds is 5. The van der Waals surface area contributed by atoms with Crippen LogP contribution in [0.4, 0.5) is 10.5 Å². The quantitative estimate of drug-likeness (QED) is 0.362. The number of hydrogen-bond acceptors (Lipinski definition) is 3. The summed E-state index contributed by atoms with van der Waals surface area (Å²) in [6.45, 7) is 5.69. The maximum Gasteiger partial charge on any atom is 0.339 e. The number of carboxylic acid groups (broad SMARTS) is 1. The molecule has 8 heteroatoms. The number of carbonyl (C=O) groups is 2. The highest BCUT2D eigenvalue weighted by Gasteiger charge is 2.15. The second-order valence-corrected chi connectivity index (χ2v) is 7.63. The molecule has 2 aromatic carbocycles. The van der Waals surface area contributed by atoms with Crippen LogP contribution in [-0.4, -0.2) is 27.9 Å². The normalized spacial score (nSPS) is 10.9. The van der Waals surface area contributed by atoms with Crippen LogP contribution in [0.3, 0.4) is 0 Å². The number of aryl methyl sites for hydroxylation is 2. The maximum absolute atomic E-state index is 12.1. The molecule has 1 heterocycles. The van der Waals surface area contributed by atoms with Crippen molar-refractivity contribution < 1.29 is 14.7 Å². The number of halogens is 1. The first-order valence-corrected chi connectivity index (χ1v) is 9.95. The number of para-hydroxylation sites is 1. The lowest BCUT2D eigenvalue weighted by Gasteiger charge is -2.12. The Morgan fingerprint density at radius 2 is 1.83 bits per heavy atom. The zero-order valence-electron chi connectivity index (χ0n) is 16.7. The molecule has 3 N–H and O–H groups in total. The highest BCUT2D eigenvalue weighted by molar-refractivity contribution is 9.10. The Balaban J connectivity index is 1.76. The number of aromatic nitrogens is 1. The van der Waals surface area contributed by atoms with E-state index in [4.69, 9.17) is 0 Å². The molecule has 2 amide bonds. The number of aromatic carboxylic acids is 1. The molecule has 0 bridgehead atoms. The Kier molecular flexibility index (Phi) is 6.37. The summed E-state index contributed by atoms with van der Waals surface area (Å²) < 4.78 is 2.82. The van der Waals surface area contributed by atoms with Gasteiger partial charge in [0.05, 0.1) is 17.5 Å². The molecule has 7 nitrogen and oxygen atoms in total. The molecule has 30 heavy (non-hydrogen) atoms. The highest BCUT2D eigenvalue weighted by Crippen LogP contribution is 2.23. The fourth-order valence-corrected chi connectivity index (χ4v) is 3.43. The Labute approximate surface area is 182 Å². The first-order chi connectivity index (χ1) is 14.3. The SMILES string of the molecule is Cc1cc(NC(=O)N/N=C/c2cc(C)n(-c3ccccc3C(=O)O)c2C)ccc1Br. The second-order valence-electron chi connectivity index (χ2n) is 6.77. The van der Waals surface area contributed by atoms with E-state index in [9.17, 15) is 14.7 Å². The van der Waals surface area contributed by atoms with E-state index in [1.54, 1.807) is 30.3 Å². The Bertz CT molecular complexity index is 1150. The molecule has 3 aromatic rings. The molecular formula is C22H21BrN4O3. The summed E-state index contributed by atoms with van der Waals surface area (Å²) in [4.78, 5) is 23.6. The van der Waals surface area contributed by atoms with E-state index in [1.165, 1.54) is 6.21 Å². The number of nitrogens with zero attached hydrogens (tertiary/aromatic N) is 2. The first kappa shape index (κ1) is 21.3. The third-order valence-electron chi connectivity index (χ3n) is 4.63. The molecule has 3 rings (SSSR count). The third-order valence-corrected chi connectivity index (χ3v) is 5.52. The smallest absolute Gasteiger partial charge is 0.339 e. The van der Waals surface area contributed by atoms with Crippen molar-refractivity contribution >= 4 is 39.8 Å². The Morgan fingerprint density at radius 3 is 2.53 bits per heavy atom. The van der Waals surface area contributed by atoms with Crippen LogP contribution >= 0.6 is 15.9 Å². The van der Waals surface area contributed by atoms with Crippen molar-refractivity contribution in [2.45, 2.75) is 20.8 Å². The fraction of sp³-hybridized carbons (Fsp3) is 0.136. The van der Waals surface area contributed by atoms with E-state index in [0.29, 0.717) is 11.4 Å². The molecule has 0 atom stereocenters. The molecule has 0 unspecified atom stereocenters. The van der Waals surface area contributed by atoms with Gasteiger partial charge in [0.2, 0.25) is 0 Å². The van der Waals surface area contributed by atoms with Crippen LogP contribution in [-0.2, 0) is 0 Å².